The maximum absolute atomic E-state index is 11.2. The number of rotatable bonds is 8. The molecule has 5 heteroatoms. The number of carbonyl (C=O) groups is 1. The van der Waals surface area contributed by atoms with Gasteiger partial charge in [0.15, 0.2) is 0 Å². The van der Waals surface area contributed by atoms with Crippen molar-refractivity contribution in [2.24, 2.45) is 5.73 Å². The number of hydrogen-bond acceptors (Lipinski definition) is 4. The molecule has 0 saturated carbocycles. The van der Waals surface area contributed by atoms with Crippen molar-refractivity contribution in [3.05, 3.63) is 0 Å². The molecule has 0 bridgehead atoms. The van der Waals surface area contributed by atoms with E-state index in [0.29, 0.717) is 0 Å². The molecule has 2 atom stereocenters. The molecule has 0 spiro atoms. The molecule has 1 amide bonds. The lowest BCUT2D eigenvalue weighted by Crippen LogP contribution is -2.51. The van der Waals surface area contributed by atoms with Gasteiger partial charge in [0.2, 0.25) is 5.91 Å². The number of ether oxygens (including phenoxy) is 2. The zero-order valence-corrected chi connectivity index (χ0v) is 10.8. The summed E-state index contributed by atoms with van der Waals surface area (Å²) >= 11 is 0. The quantitative estimate of drug-likeness (QED) is 0.607. The molecule has 0 aromatic carbocycles. The lowest BCUT2D eigenvalue weighted by Gasteiger charge is -2.25. The molecule has 0 radical (unpaired) electrons. The molecule has 0 aliphatic carbocycles. The number of primary amides is 1. The zero-order valence-electron chi connectivity index (χ0n) is 10.8. The van der Waals surface area contributed by atoms with Crippen LogP contribution in [-0.2, 0) is 14.3 Å². The van der Waals surface area contributed by atoms with Crippen LogP contribution < -0.4 is 11.1 Å². The van der Waals surface area contributed by atoms with Crippen molar-refractivity contribution < 1.29 is 14.3 Å². The number of amides is 1. The monoisotopic (exact) mass is 244 g/mol. The molecule has 100 valence electrons. The van der Waals surface area contributed by atoms with E-state index in [2.05, 4.69) is 5.32 Å². The second-order valence-corrected chi connectivity index (χ2v) is 4.76. The lowest BCUT2D eigenvalue weighted by atomic mass is 9.94. The van der Waals surface area contributed by atoms with Gasteiger partial charge >= 0.3 is 0 Å². The summed E-state index contributed by atoms with van der Waals surface area (Å²) in [5.41, 5.74) is 4.75. The Labute approximate surface area is 103 Å². The van der Waals surface area contributed by atoms with E-state index < -0.39 is 5.54 Å². The van der Waals surface area contributed by atoms with Gasteiger partial charge in [0.05, 0.1) is 18.2 Å². The summed E-state index contributed by atoms with van der Waals surface area (Å²) < 4.78 is 10.9. The van der Waals surface area contributed by atoms with Gasteiger partial charge in [-0.25, -0.2) is 0 Å². The van der Waals surface area contributed by atoms with Gasteiger partial charge in [0, 0.05) is 13.2 Å². The molecular weight excluding hydrogens is 220 g/mol. The number of carbonyl (C=O) groups excluding carboxylic acids is 1. The van der Waals surface area contributed by atoms with Gasteiger partial charge in [-0.15, -0.1) is 0 Å². The van der Waals surface area contributed by atoms with Crippen LogP contribution in [0.4, 0.5) is 0 Å². The average molecular weight is 244 g/mol. The molecule has 1 rings (SSSR count). The first-order valence-electron chi connectivity index (χ1n) is 6.26. The molecule has 0 aromatic heterocycles. The highest BCUT2D eigenvalue weighted by molar-refractivity contribution is 5.84. The molecule has 2 unspecified atom stereocenters. The van der Waals surface area contributed by atoms with Crippen LogP contribution in [0.1, 0.15) is 32.6 Å². The minimum absolute atomic E-state index is 0.266. The highest BCUT2D eigenvalue weighted by Gasteiger charge is 2.27. The third-order valence-electron chi connectivity index (χ3n) is 3.41. The van der Waals surface area contributed by atoms with Crippen LogP contribution in [0, 0.1) is 0 Å². The minimum atomic E-state index is -0.601. The van der Waals surface area contributed by atoms with Crippen LogP contribution in [0.5, 0.6) is 0 Å². The fraction of sp³-hybridized carbons (Fsp3) is 0.917. The van der Waals surface area contributed by atoms with Crippen LogP contribution in [0.15, 0.2) is 0 Å². The van der Waals surface area contributed by atoms with Crippen molar-refractivity contribution in [1.29, 1.82) is 0 Å². The SMILES string of the molecule is CNC(C)(CCCCOC1CCOC1)C(N)=O. The number of nitrogens with one attached hydrogen (secondary N) is 1. The molecular formula is C12H24N2O3. The number of hydrogen-bond donors (Lipinski definition) is 2. The van der Waals surface area contributed by atoms with Gasteiger partial charge in [-0.05, 0) is 39.7 Å². The molecule has 1 aliphatic heterocycles. The van der Waals surface area contributed by atoms with Gasteiger partial charge in [-0.1, -0.05) is 0 Å². The Morgan fingerprint density at radius 1 is 1.59 bits per heavy atom. The summed E-state index contributed by atoms with van der Waals surface area (Å²) in [6.45, 7) is 4.09. The maximum atomic E-state index is 11.2. The smallest absolute Gasteiger partial charge is 0.237 e. The summed E-state index contributed by atoms with van der Waals surface area (Å²) in [5.74, 6) is -0.301. The first-order chi connectivity index (χ1) is 8.08. The van der Waals surface area contributed by atoms with E-state index in [4.69, 9.17) is 15.2 Å². The number of likely N-dealkylation sites (N-methyl/N-ethyl adjacent to an activating group) is 1. The first kappa shape index (κ1) is 14.4. The van der Waals surface area contributed by atoms with Crippen molar-refractivity contribution in [2.75, 3.05) is 26.9 Å². The topological polar surface area (TPSA) is 73.6 Å². The van der Waals surface area contributed by atoms with Crippen molar-refractivity contribution in [1.82, 2.24) is 5.32 Å². The molecule has 0 aromatic rings. The second kappa shape index (κ2) is 6.93. The van der Waals surface area contributed by atoms with E-state index in [-0.39, 0.29) is 12.0 Å². The van der Waals surface area contributed by atoms with Crippen LogP contribution in [0.3, 0.4) is 0 Å². The van der Waals surface area contributed by atoms with E-state index in [1.807, 2.05) is 6.92 Å². The van der Waals surface area contributed by atoms with Crippen molar-refractivity contribution in [3.8, 4) is 0 Å². The first-order valence-corrected chi connectivity index (χ1v) is 6.26. The fourth-order valence-electron chi connectivity index (χ4n) is 1.85. The molecule has 5 nitrogen and oxygen atoms in total. The predicted molar refractivity (Wildman–Crippen MR) is 65.7 cm³/mol. The molecule has 1 fully saturated rings. The van der Waals surface area contributed by atoms with Gasteiger partial charge in [0.25, 0.3) is 0 Å². The Hall–Kier alpha value is -0.650. The van der Waals surface area contributed by atoms with Crippen LogP contribution in [0.2, 0.25) is 0 Å². The van der Waals surface area contributed by atoms with E-state index in [9.17, 15) is 4.79 Å². The van der Waals surface area contributed by atoms with Crippen LogP contribution in [-0.4, -0.2) is 44.4 Å². The van der Waals surface area contributed by atoms with Gasteiger partial charge in [-0.2, -0.15) is 0 Å². The lowest BCUT2D eigenvalue weighted by molar-refractivity contribution is -0.123. The highest BCUT2D eigenvalue weighted by atomic mass is 16.5. The Kier molecular flexibility index (Phi) is 5.88. The number of unbranched alkanes of at least 4 members (excludes halogenated alkanes) is 1. The predicted octanol–water partition coefficient (Wildman–Crippen LogP) is 0.426. The average Bonchev–Trinajstić information content (AvgIpc) is 2.81. The van der Waals surface area contributed by atoms with Crippen molar-refractivity contribution in [2.45, 2.75) is 44.2 Å². The minimum Gasteiger partial charge on any atom is -0.379 e. The third-order valence-corrected chi connectivity index (χ3v) is 3.41. The van der Waals surface area contributed by atoms with Crippen molar-refractivity contribution >= 4 is 5.91 Å². The molecule has 1 aliphatic rings. The summed E-state index contributed by atoms with van der Waals surface area (Å²) in [6.07, 6.45) is 3.87. The van der Waals surface area contributed by atoms with Crippen molar-refractivity contribution in [3.63, 3.8) is 0 Å². The normalized spacial score (nSPS) is 23.5. The van der Waals surface area contributed by atoms with Gasteiger partial charge in [0.1, 0.15) is 0 Å². The van der Waals surface area contributed by atoms with E-state index in [1.165, 1.54) is 0 Å². The largest absolute Gasteiger partial charge is 0.379 e. The van der Waals surface area contributed by atoms with Gasteiger partial charge in [-0.3, -0.25) is 4.79 Å². The fourth-order valence-corrected chi connectivity index (χ4v) is 1.85. The van der Waals surface area contributed by atoms with E-state index >= 15 is 0 Å². The Balaban J connectivity index is 2.08. The summed E-state index contributed by atoms with van der Waals surface area (Å²) in [6, 6.07) is 0. The summed E-state index contributed by atoms with van der Waals surface area (Å²) in [5, 5.41) is 2.97. The van der Waals surface area contributed by atoms with E-state index in [1.54, 1.807) is 7.05 Å². The Morgan fingerprint density at radius 3 is 2.88 bits per heavy atom. The van der Waals surface area contributed by atoms with Crippen LogP contribution in [0.25, 0.3) is 0 Å². The zero-order chi connectivity index (χ0) is 12.7. The molecule has 3 N–H and O–H groups in total. The second-order valence-electron chi connectivity index (χ2n) is 4.76. The molecule has 17 heavy (non-hydrogen) atoms. The third kappa shape index (κ3) is 4.61. The van der Waals surface area contributed by atoms with Gasteiger partial charge < -0.3 is 20.5 Å². The molecule has 1 heterocycles. The maximum Gasteiger partial charge on any atom is 0.237 e. The number of nitrogens with two attached hydrogens (primary N) is 1. The summed E-state index contributed by atoms with van der Waals surface area (Å²) in [4.78, 5) is 11.2. The Morgan fingerprint density at radius 2 is 2.35 bits per heavy atom. The van der Waals surface area contributed by atoms with E-state index in [0.717, 1.165) is 45.5 Å². The highest BCUT2D eigenvalue weighted by Crippen LogP contribution is 2.14. The van der Waals surface area contributed by atoms with Crippen LogP contribution >= 0.6 is 0 Å². The Bertz CT molecular complexity index is 242. The molecule has 1 saturated heterocycles. The summed E-state index contributed by atoms with van der Waals surface area (Å²) in [7, 11) is 1.76. The standard InChI is InChI=1S/C12H24N2O3/c1-12(14-2,11(13)15)6-3-4-7-17-10-5-8-16-9-10/h10,14H,3-9H2,1-2H3,(H2,13,15).